The van der Waals surface area contributed by atoms with E-state index in [1.807, 2.05) is 85.8 Å². The SMILES string of the molecule is COc1ccc2cc(C(=O)Nc3ccccc3Oc3ccccc3)c(C)nc2c1. The number of pyridine rings is 1. The molecule has 1 amide bonds. The van der Waals surface area contributed by atoms with E-state index in [1.54, 1.807) is 7.11 Å². The molecular weight excluding hydrogens is 364 g/mol. The predicted octanol–water partition coefficient (Wildman–Crippen LogP) is 5.60. The molecule has 5 nitrogen and oxygen atoms in total. The third-order valence-corrected chi connectivity index (χ3v) is 4.57. The molecule has 0 atom stereocenters. The molecule has 5 heteroatoms. The van der Waals surface area contributed by atoms with Crippen molar-refractivity contribution < 1.29 is 14.3 Å². The Hall–Kier alpha value is -3.86. The molecule has 29 heavy (non-hydrogen) atoms. The number of nitrogens with zero attached hydrogens (tertiary/aromatic N) is 1. The van der Waals surface area contributed by atoms with Crippen molar-refractivity contribution in [3.05, 3.63) is 90.1 Å². The van der Waals surface area contributed by atoms with Crippen molar-refractivity contribution in [2.45, 2.75) is 6.92 Å². The Morgan fingerprint density at radius 3 is 2.45 bits per heavy atom. The predicted molar refractivity (Wildman–Crippen MR) is 114 cm³/mol. The highest BCUT2D eigenvalue weighted by Gasteiger charge is 2.15. The summed E-state index contributed by atoms with van der Waals surface area (Å²) < 4.78 is 11.2. The summed E-state index contributed by atoms with van der Waals surface area (Å²) >= 11 is 0. The summed E-state index contributed by atoms with van der Waals surface area (Å²) in [6, 6.07) is 24.2. The molecule has 3 aromatic carbocycles. The third-order valence-electron chi connectivity index (χ3n) is 4.57. The molecule has 0 unspecified atom stereocenters. The second kappa shape index (κ2) is 8.02. The number of carbonyl (C=O) groups is 1. The molecule has 0 saturated heterocycles. The second-order valence-corrected chi connectivity index (χ2v) is 6.55. The van der Waals surface area contributed by atoms with Crippen molar-refractivity contribution >= 4 is 22.5 Å². The first-order valence-corrected chi connectivity index (χ1v) is 9.23. The molecule has 0 bridgehead atoms. The van der Waals surface area contributed by atoms with Crippen LogP contribution in [0.2, 0.25) is 0 Å². The fraction of sp³-hybridized carbons (Fsp3) is 0.0833. The first kappa shape index (κ1) is 18.5. The third kappa shape index (κ3) is 4.04. The Morgan fingerprint density at radius 2 is 1.66 bits per heavy atom. The van der Waals surface area contributed by atoms with E-state index in [9.17, 15) is 4.79 Å². The van der Waals surface area contributed by atoms with Crippen molar-refractivity contribution in [2.75, 3.05) is 12.4 Å². The van der Waals surface area contributed by atoms with Crippen LogP contribution in [0, 0.1) is 6.92 Å². The van der Waals surface area contributed by atoms with Gasteiger partial charge in [0.25, 0.3) is 5.91 Å². The Balaban J connectivity index is 1.62. The number of nitrogens with one attached hydrogen (secondary N) is 1. The van der Waals surface area contributed by atoms with Crippen LogP contribution < -0.4 is 14.8 Å². The quantitative estimate of drug-likeness (QED) is 0.487. The summed E-state index contributed by atoms with van der Waals surface area (Å²) in [6.07, 6.45) is 0. The highest BCUT2D eigenvalue weighted by molar-refractivity contribution is 6.07. The van der Waals surface area contributed by atoms with E-state index in [0.29, 0.717) is 28.4 Å². The average molecular weight is 384 g/mol. The number of carbonyl (C=O) groups excluding carboxylic acids is 1. The van der Waals surface area contributed by atoms with E-state index >= 15 is 0 Å². The van der Waals surface area contributed by atoms with Gasteiger partial charge in [0, 0.05) is 11.5 Å². The van der Waals surface area contributed by atoms with Crippen LogP contribution in [0.15, 0.2) is 78.9 Å². The first-order chi connectivity index (χ1) is 14.1. The summed E-state index contributed by atoms with van der Waals surface area (Å²) in [6.45, 7) is 1.82. The largest absolute Gasteiger partial charge is 0.497 e. The minimum atomic E-state index is -0.239. The molecule has 144 valence electrons. The van der Waals surface area contributed by atoms with Crippen LogP contribution in [0.4, 0.5) is 5.69 Å². The normalized spacial score (nSPS) is 10.6. The Bertz CT molecular complexity index is 1170. The van der Waals surface area contributed by atoms with Gasteiger partial charge in [0.2, 0.25) is 0 Å². The molecule has 1 aromatic heterocycles. The van der Waals surface area contributed by atoms with Crippen LogP contribution in [0.5, 0.6) is 17.2 Å². The van der Waals surface area contributed by atoms with Gasteiger partial charge in [-0.25, -0.2) is 0 Å². The van der Waals surface area contributed by atoms with E-state index < -0.39 is 0 Å². The van der Waals surface area contributed by atoms with E-state index in [4.69, 9.17) is 9.47 Å². The number of para-hydroxylation sites is 3. The number of anilines is 1. The molecule has 0 aliphatic heterocycles. The van der Waals surface area contributed by atoms with E-state index in [2.05, 4.69) is 10.3 Å². The number of amides is 1. The molecule has 1 N–H and O–H groups in total. The standard InChI is InChI=1S/C24H20N2O3/c1-16-20(14-17-12-13-19(28-2)15-22(17)25-16)24(27)26-21-10-6-7-11-23(21)29-18-8-4-3-5-9-18/h3-15H,1-2H3,(H,26,27). The van der Waals surface area contributed by atoms with Crippen molar-refractivity contribution in [2.24, 2.45) is 0 Å². The zero-order valence-electron chi connectivity index (χ0n) is 16.2. The number of methoxy groups -OCH3 is 1. The van der Waals surface area contributed by atoms with E-state index in [-0.39, 0.29) is 5.91 Å². The lowest BCUT2D eigenvalue weighted by Gasteiger charge is -2.13. The summed E-state index contributed by atoms with van der Waals surface area (Å²) in [4.78, 5) is 17.5. The van der Waals surface area contributed by atoms with Crippen LogP contribution in [-0.2, 0) is 0 Å². The fourth-order valence-electron chi connectivity index (χ4n) is 3.06. The number of ether oxygens (including phenoxy) is 2. The van der Waals surface area contributed by atoms with E-state index in [0.717, 1.165) is 16.7 Å². The lowest BCUT2D eigenvalue weighted by molar-refractivity contribution is 0.102. The number of hydrogen-bond donors (Lipinski definition) is 1. The number of benzene rings is 3. The van der Waals surface area contributed by atoms with Gasteiger partial charge in [-0.15, -0.1) is 0 Å². The molecular formula is C24H20N2O3. The summed E-state index contributed by atoms with van der Waals surface area (Å²) in [7, 11) is 1.62. The lowest BCUT2D eigenvalue weighted by atomic mass is 10.1. The van der Waals surface area contributed by atoms with Crippen LogP contribution >= 0.6 is 0 Å². The number of fused-ring (bicyclic) bond motifs is 1. The maximum absolute atomic E-state index is 13.0. The van der Waals surface area contributed by atoms with Gasteiger partial charge in [-0.2, -0.15) is 0 Å². The van der Waals surface area contributed by atoms with Gasteiger partial charge in [-0.05, 0) is 49.4 Å². The summed E-state index contributed by atoms with van der Waals surface area (Å²) in [5.74, 6) is 1.76. The van der Waals surface area contributed by atoms with Gasteiger partial charge in [0.15, 0.2) is 5.75 Å². The Kier molecular flexibility index (Phi) is 5.12. The first-order valence-electron chi connectivity index (χ1n) is 9.23. The highest BCUT2D eigenvalue weighted by Crippen LogP contribution is 2.30. The van der Waals surface area contributed by atoms with E-state index in [1.165, 1.54) is 0 Å². The molecule has 0 aliphatic carbocycles. The second-order valence-electron chi connectivity index (χ2n) is 6.55. The van der Waals surface area contributed by atoms with Crippen LogP contribution in [0.25, 0.3) is 10.9 Å². The van der Waals surface area contributed by atoms with Gasteiger partial charge >= 0.3 is 0 Å². The van der Waals surface area contributed by atoms with Gasteiger partial charge in [-0.3, -0.25) is 9.78 Å². The van der Waals surface area contributed by atoms with Crippen LogP contribution in [0.1, 0.15) is 16.1 Å². The van der Waals surface area contributed by atoms with Crippen molar-refractivity contribution in [1.29, 1.82) is 0 Å². The Labute approximate surface area is 168 Å². The molecule has 4 aromatic rings. The van der Waals surface area contributed by atoms with Gasteiger partial charge < -0.3 is 14.8 Å². The minimum Gasteiger partial charge on any atom is -0.497 e. The number of hydrogen-bond acceptors (Lipinski definition) is 4. The van der Waals surface area contributed by atoms with Crippen molar-refractivity contribution in [3.8, 4) is 17.2 Å². The molecule has 4 rings (SSSR count). The van der Waals surface area contributed by atoms with Gasteiger partial charge in [-0.1, -0.05) is 30.3 Å². The molecule has 0 aliphatic rings. The summed E-state index contributed by atoms with van der Waals surface area (Å²) in [5.41, 5.74) is 2.53. The fourth-order valence-corrected chi connectivity index (χ4v) is 3.06. The zero-order valence-corrected chi connectivity index (χ0v) is 16.2. The topological polar surface area (TPSA) is 60.5 Å². The van der Waals surface area contributed by atoms with Gasteiger partial charge in [0.05, 0.1) is 29.6 Å². The van der Waals surface area contributed by atoms with Crippen LogP contribution in [0.3, 0.4) is 0 Å². The Morgan fingerprint density at radius 1 is 0.897 bits per heavy atom. The van der Waals surface area contributed by atoms with Gasteiger partial charge in [0.1, 0.15) is 11.5 Å². The number of aromatic nitrogens is 1. The average Bonchev–Trinajstić information content (AvgIpc) is 2.75. The molecule has 0 radical (unpaired) electrons. The lowest BCUT2D eigenvalue weighted by Crippen LogP contribution is -2.14. The minimum absolute atomic E-state index is 0.239. The number of rotatable bonds is 5. The number of aryl methyl sites for hydroxylation is 1. The molecule has 1 heterocycles. The smallest absolute Gasteiger partial charge is 0.257 e. The molecule has 0 spiro atoms. The molecule has 0 fully saturated rings. The van der Waals surface area contributed by atoms with Crippen molar-refractivity contribution in [1.82, 2.24) is 4.98 Å². The molecule has 0 saturated carbocycles. The van der Waals surface area contributed by atoms with Crippen LogP contribution in [-0.4, -0.2) is 18.0 Å². The maximum atomic E-state index is 13.0. The highest BCUT2D eigenvalue weighted by atomic mass is 16.5. The van der Waals surface area contributed by atoms with Crippen molar-refractivity contribution in [3.63, 3.8) is 0 Å². The monoisotopic (exact) mass is 384 g/mol. The zero-order chi connectivity index (χ0) is 20.2. The maximum Gasteiger partial charge on any atom is 0.257 e. The summed E-state index contributed by atoms with van der Waals surface area (Å²) in [5, 5.41) is 3.82.